The number of nitrogens with one attached hydrogen (secondary N) is 1. The molecule has 1 unspecified atom stereocenters. The zero-order valence-electron chi connectivity index (χ0n) is 11.7. The highest BCUT2D eigenvalue weighted by Gasteiger charge is 2.23. The fraction of sp³-hybridized carbons (Fsp3) is 0.400. The van der Waals surface area contributed by atoms with Gasteiger partial charge in [-0.3, -0.25) is 4.90 Å². The van der Waals surface area contributed by atoms with E-state index in [0.29, 0.717) is 11.9 Å². The van der Waals surface area contributed by atoms with Gasteiger partial charge in [-0.2, -0.15) is 4.37 Å². The van der Waals surface area contributed by atoms with Crippen molar-refractivity contribution in [2.24, 2.45) is 0 Å². The van der Waals surface area contributed by atoms with Crippen LogP contribution in [0, 0.1) is 6.92 Å². The lowest BCUT2D eigenvalue weighted by atomic mass is 10.2. The fourth-order valence-corrected chi connectivity index (χ4v) is 3.39. The minimum Gasteiger partial charge on any atom is -0.383 e. The van der Waals surface area contributed by atoms with E-state index in [9.17, 15) is 0 Å². The van der Waals surface area contributed by atoms with Crippen molar-refractivity contribution in [3.63, 3.8) is 0 Å². The molecule has 0 spiro atoms. The molecule has 106 valence electrons. The van der Waals surface area contributed by atoms with Crippen molar-refractivity contribution in [3.8, 4) is 0 Å². The number of benzene rings is 1. The Labute approximate surface area is 123 Å². The van der Waals surface area contributed by atoms with Crippen LogP contribution in [0.2, 0.25) is 0 Å². The third-order valence-corrected chi connectivity index (χ3v) is 4.71. The van der Waals surface area contributed by atoms with Crippen molar-refractivity contribution in [2.45, 2.75) is 25.9 Å². The quantitative estimate of drug-likeness (QED) is 0.908. The van der Waals surface area contributed by atoms with Crippen molar-refractivity contribution in [1.82, 2.24) is 9.27 Å². The van der Waals surface area contributed by atoms with E-state index < -0.39 is 0 Å². The van der Waals surface area contributed by atoms with Gasteiger partial charge < -0.3 is 11.1 Å². The number of hydrogen-bond donors (Lipinski definition) is 2. The number of nitrogens with two attached hydrogens (primary N) is 1. The zero-order valence-corrected chi connectivity index (χ0v) is 12.5. The van der Waals surface area contributed by atoms with E-state index in [1.54, 1.807) is 0 Å². The first-order chi connectivity index (χ1) is 9.72. The van der Waals surface area contributed by atoms with E-state index in [-0.39, 0.29) is 0 Å². The molecule has 3 rings (SSSR count). The van der Waals surface area contributed by atoms with Crippen LogP contribution in [0.5, 0.6) is 0 Å². The largest absolute Gasteiger partial charge is 0.383 e. The molecular weight excluding hydrogens is 268 g/mol. The topological polar surface area (TPSA) is 54.2 Å². The molecule has 1 fully saturated rings. The van der Waals surface area contributed by atoms with Gasteiger partial charge in [0.25, 0.3) is 0 Å². The molecule has 2 aromatic rings. The number of aromatic nitrogens is 1. The lowest BCUT2D eigenvalue weighted by molar-refractivity contribution is 0.328. The molecule has 20 heavy (non-hydrogen) atoms. The summed E-state index contributed by atoms with van der Waals surface area (Å²) >= 11 is 1.46. The fourth-order valence-electron chi connectivity index (χ4n) is 2.60. The van der Waals surface area contributed by atoms with Gasteiger partial charge in [-0.05, 0) is 30.4 Å². The van der Waals surface area contributed by atoms with Gasteiger partial charge in [-0.25, -0.2) is 0 Å². The summed E-state index contributed by atoms with van der Waals surface area (Å²) in [5.74, 6) is 0.650. The van der Waals surface area contributed by atoms with Gasteiger partial charge in [0.05, 0.1) is 0 Å². The summed E-state index contributed by atoms with van der Waals surface area (Å²) in [5.41, 5.74) is 8.25. The average Bonchev–Trinajstić information content (AvgIpc) is 3.02. The molecule has 1 atom stereocenters. The summed E-state index contributed by atoms with van der Waals surface area (Å²) < 4.78 is 4.19. The Morgan fingerprint density at radius 3 is 2.90 bits per heavy atom. The second-order valence-electron chi connectivity index (χ2n) is 5.37. The summed E-state index contributed by atoms with van der Waals surface area (Å²) in [6.45, 7) is 5.27. The number of likely N-dealkylation sites (tertiary alicyclic amines) is 1. The summed E-state index contributed by atoms with van der Waals surface area (Å²) in [5, 5.41) is 4.70. The van der Waals surface area contributed by atoms with Gasteiger partial charge in [0.2, 0.25) is 0 Å². The molecule has 1 aromatic heterocycles. The lowest BCUT2D eigenvalue weighted by Crippen LogP contribution is -2.25. The maximum absolute atomic E-state index is 5.79. The van der Waals surface area contributed by atoms with Gasteiger partial charge in [-0.15, -0.1) is 0 Å². The number of hydrogen-bond acceptors (Lipinski definition) is 5. The highest BCUT2D eigenvalue weighted by Crippen LogP contribution is 2.27. The van der Waals surface area contributed by atoms with Gasteiger partial charge in [0.1, 0.15) is 10.8 Å². The second-order valence-corrected chi connectivity index (χ2v) is 6.15. The zero-order chi connectivity index (χ0) is 13.9. The van der Waals surface area contributed by atoms with E-state index in [4.69, 9.17) is 5.73 Å². The number of anilines is 2. The molecule has 4 nitrogen and oxygen atoms in total. The van der Waals surface area contributed by atoms with Crippen molar-refractivity contribution in [2.75, 3.05) is 24.1 Å². The summed E-state index contributed by atoms with van der Waals surface area (Å²) in [6.07, 6.45) is 1.17. The first-order valence-corrected chi connectivity index (χ1v) is 7.74. The van der Waals surface area contributed by atoms with Crippen LogP contribution in [0.3, 0.4) is 0 Å². The highest BCUT2D eigenvalue weighted by atomic mass is 32.1. The van der Waals surface area contributed by atoms with Crippen LogP contribution in [0.1, 0.15) is 17.5 Å². The molecule has 1 aliphatic rings. The number of nitrogens with zero attached hydrogens (tertiary/aromatic N) is 2. The molecule has 0 aliphatic carbocycles. The molecule has 0 radical (unpaired) electrons. The Hall–Kier alpha value is -1.59. The Balaban J connectivity index is 1.56. The smallest absolute Gasteiger partial charge is 0.142 e. The summed E-state index contributed by atoms with van der Waals surface area (Å²) in [4.78, 5) is 2.49. The van der Waals surface area contributed by atoms with Crippen LogP contribution in [0.25, 0.3) is 0 Å². The molecular formula is C15H20N4S. The normalized spacial score (nSPS) is 19.4. The molecule has 0 bridgehead atoms. The predicted octanol–water partition coefficient (Wildman–Crippen LogP) is 2.72. The second kappa shape index (κ2) is 5.81. The van der Waals surface area contributed by atoms with Crippen molar-refractivity contribution in [3.05, 3.63) is 41.5 Å². The Morgan fingerprint density at radius 2 is 2.20 bits per heavy atom. The van der Waals surface area contributed by atoms with E-state index in [1.165, 1.54) is 23.5 Å². The highest BCUT2D eigenvalue weighted by molar-refractivity contribution is 7.10. The van der Waals surface area contributed by atoms with E-state index in [2.05, 4.69) is 44.9 Å². The first kappa shape index (κ1) is 13.4. The third kappa shape index (κ3) is 2.94. The first-order valence-electron chi connectivity index (χ1n) is 6.97. The average molecular weight is 288 g/mol. The minimum atomic E-state index is 0.497. The maximum atomic E-state index is 5.79. The molecule has 0 amide bonds. The SMILES string of the molecule is Cc1c(N)nsc1NC1CCN(Cc2ccccc2)C1. The van der Waals surface area contributed by atoms with E-state index in [1.807, 2.05) is 6.92 Å². The maximum Gasteiger partial charge on any atom is 0.142 e. The monoisotopic (exact) mass is 288 g/mol. The molecule has 0 saturated carbocycles. The minimum absolute atomic E-state index is 0.497. The molecule has 1 aliphatic heterocycles. The Morgan fingerprint density at radius 1 is 1.40 bits per heavy atom. The predicted molar refractivity (Wildman–Crippen MR) is 85.0 cm³/mol. The summed E-state index contributed by atoms with van der Waals surface area (Å²) in [7, 11) is 0. The van der Waals surface area contributed by atoms with Gasteiger partial charge in [0, 0.05) is 31.2 Å². The van der Waals surface area contributed by atoms with Crippen LogP contribution in [-0.4, -0.2) is 28.4 Å². The summed E-state index contributed by atoms with van der Waals surface area (Å²) in [6, 6.07) is 11.1. The van der Waals surface area contributed by atoms with Crippen molar-refractivity contribution in [1.29, 1.82) is 0 Å². The van der Waals surface area contributed by atoms with Crippen LogP contribution in [0.4, 0.5) is 10.8 Å². The van der Waals surface area contributed by atoms with E-state index >= 15 is 0 Å². The van der Waals surface area contributed by atoms with Gasteiger partial charge >= 0.3 is 0 Å². The van der Waals surface area contributed by atoms with Crippen LogP contribution >= 0.6 is 11.5 Å². The van der Waals surface area contributed by atoms with Crippen molar-refractivity contribution >= 4 is 22.4 Å². The Kier molecular flexibility index (Phi) is 3.89. The standard InChI is InChI=1S/C15H20N4S/c1-11-14(16)18-20-15(11)17-13-7-8-19(10-13)9-12-5-3-2-4-6-12/h2-6,13,17H,7-10H2,1H3,(H2,16,18). The lowest BCUT2D eigenvalue weighted by Gasteiger charge is -2.17. The van der Waals surface area contributed by atoms with Crippen LogP contribution in [0.15, 0.2) is 30.3 Å². The molecule has 1 aromatic carbocycles. The van der Waals surface area contributed by atoms with Gasteiger partial charge in [-0.1, -0.05) is 30.3 Å². The van der Waals surface area contributed by atoms with Crippen LogP contribution in [-0.2, 0) is 6.54 Å². The van der Waals surface area contributed by atoms with Gasteiger partial charge in [0.15, 0.2) is 0 Å². The molecule has 1 saturated heterocycles. The Bertz CT molecular complexity index is 567. The van der Waals surface area contributed by atoms with E-state index in [0.717, 1.165) is 30.2 Å². The molecule has 5 heteroatoms. The molecule has 3 N–H and O–H groups in total. The number of rotatable bonds is 4. The number of nitrogen functional groups attached to an aromatic ring is 1. The van der Waals surface area contributed by atoms with Crippen LogP contribution < -0.4 is 11.1 Å². The third-order valence-electron chi connectivity index (χ3n) is 3.82. The molecule has 2 heterocycles. The van der Waals surface area contributed by atoms with Crippen molar-refractivity contribution < 1.29 is 0 Å².